The molecule has 3 aliphatic rings. The molecule has 1 aliphatic carbocycles. The average Bonchev–Trinajstić information content (AvgIpc) is 2.99. The molecule has 2 unspecified atom stereocenters. The summed E-state index contributed by atoms with van der Waals surface area (Å²) in [6, 6.07) is 1.52. The van der Waals surface area contributed by atoms with Crippen LogP contribution in [0.2, 0.25) is 0 Å². The van der Waals surface area contributed by atoms with Gasteiger partial charge in [0.1, 0.15) is 11.3 Å². The molecule has 6 nitrogen and oxygen atoms in total. The molecule has 29 heavy (non-hydrogen) atoms. The first-order valence-electron chi connectivity index (χ1n) is 9.51. The predicted molar refractivity (Wildman–Crippen MR) is 107 cm³/mol. The molecule has 0 bridgehead atoms. The molecule has 2 N–H and O–H groups in total. The second kappa shape index (κ2) is 7.13. The Morgan fingerprint density at radius 3 is 2.66 bits per heavy atom. The van der Waals surface area contributed by atoms with Crippen molar-refractivity contribution in [1.82, 2.24) is 0 Å². The van der Waals surface area contributed by atoms with E-state index in [0.29, 0.717) is 28.7 Å². The van der Waals surface area contributed by atoms with E-state index in [1.54, 1.807) is 6.92 Å². The topological polar surface area (TPSA) is 93.1 Å². The maximum absolute atomic E-state index is 13.2. The van der Waals surface area contributed by atoms with Crippen molar-refractivity contribution in [2.24, 2.45) is 0 Å². The first kappa shape index (κ1) is 19.4. The zero-order chi connectivity index (χ0) is 20.8. The number of esters is 1. The van der Waals surface area contributed by atoms with Gasteiger partial charge < -0.3 is 19.7 Å². The molecule has 2 atom stereocenters. The largest absolute Gasteiger partial charge is 0.507 e. The number of carbonyl (C=O) groups is 2. The molecule has 0 radical (unpaired) electrons. The molecule has 0 fully saturated rings. The molecule has 2 aliphatic heterocycles. The van der Waals surface area contributed by atoms with Crippen LogP contribution in [0, 0.1) is 0 Å². The molecule has 0 saturated heterocycles. The van der Waals surface area contributed by atoms with Gasteiger partial charge in [-0.05, 0) is 36.6 Å². The molecule has 0 spiro atoms. The van der Waals surface area contributed by atoms with E-state index in [4.69, 9.17) is 9.47 Å². The Labute approximate surface area is 168 Å². The van der Waals surface area contributed by atoms with Gasteiger partial charge in [-0.25, -0.2) is 4.79 Å². The number of benzene rings is 1. The molecule has 150 valence electrons. The van der Waals surface area contributed by atoms with Crippen LogP contribution < -0.4 is 0 Å². The van der Waals surface area contributed by atoms with Gasteiger partial charge in [0.2, 0.25) is 5.78 Å². The highest BCUT2D eigenvalue weighted by atomic mass is 16.6. The smallest absolute Gasteiger partial charge is 0.343 e. The fourth-order valence-corrected chi connectivity index (χ4v) is 4.23. The highest BCUT2D eigenvalue weighted by Gasteiger charge is 2.55. The summed E-state index contributed by atoms with van der Waals surface area (Å²) in [5.74, 6) is -1.26. The van der Waals surface area contributed by atoms with Crippen LogP contribution in [0.1, 0.15) is 47.3 Å². The second-order valence-corrected chi connectivity index (χ2v) is 7.41. The average molecular weight is 394 g/mol. The molecule has 1 aromatic carbocycles. The van der Waals surface area contributed by atoms with E-state index in [2.05, 4.69) is 0 Å². The van der Waals surface area contributed by atoms with Gasteiger partial charge >= 0.3 is 5.97 Å². The number of carbonyl (C=O) groups excluding carboxylic acids is 2. The normalized spacial score (nSPS) is 26.0. The van der Waals surface area contributed by atoms with Crippen molar-refractivity contribution in [2.75, 3.05) is 13.2 Å². The fourth-order valence-electron chi connectivity index (χ4n) is 4.23. The van der Waals surface area contributed by atoms with Gasteiger partial charge in [-0.1, -0.05) is 36.5 Å². The monoisotopic (exact) mass is 394 g/mol. The quantitative estimate of drug-likeness (QED) is 0.602. The number of ether oxygens (including phenoxy) is 2. The Balaban J connectivity index is 1.96. The Hall–Kier alpha value is -2.96. The zero-order valence-corrected chi connectivity index (χ0v) is 16.3. The Morgan fingerprint density at radius 1 is 1.17 bits per heavy atom. The summed E-state index contributed by atoms with van der Waals surface area (Å²) < 4.78 is 11.1. The Bertz CT molecular complexity index is 1030. The summed E-state index contributed by atoms with van der Waals surface area (Å²) in [6.07, 6.45) is 11.1. The Kier molecular flexibility index (Phi) is 4.76. The first-order valence-corrected chi connectivity index (χ1v) is 9.51. The Morgan fingerprint density at radius 2 is 1.93 bits per heavy atom. The van der Waals surface area contributed by atoms with Gasteiger partial charge in [-0.3, -0.25) is 4.79 Å². The number of aliphatic hydroxyl groups excluding tert-OH is 1. The number of fused-ring (bicyclic) bond motifs is 1. The minimum Gasteiger partial charge on any atom is -0.507 e. The molecule has 1 aromatic rings. The molecule has 2 heterocycles. The van der Waals surface area contributed by atoms with Crippen LogP contribution in [0.5, 0.6) is 5.75 Å². The lowest BCUT2D eigenvalue weighted by molar-refractivity contribution is -0.133. The fraction of sp³-hybridized carbons (Fsp3) is 0.304. The number of allylic oxidation sites excluding steroid dienone is 5. The van der Waals surface area contributed by atoms with Gasteiger partial charge in [0.05, 0.1) is 19.3 Å². The lowest BCUT2D eigenvalue weighted by Gasteiger charge is -2.37. The standard InChI is InChI=1S/C23H22O6/c1-3-4-5-6-7-8-13-9-17(25)19-20-18(13)15-10-14(11-24)28-12-16(15)21(26)23(20,2)29-22(19)27/h3-9,14,24-25H,10-12H2,1-2H3. The van der Waals surface area contributed by atoms with E-state index in [0.717, 1.165) is 5.57 Å². The van der Waals surface area contributed by atoms with Crippen LogP contribution in [0.15, 0.2) is 42.0 Å². The number of Topliss-reactive ketones (excluding diaryl/α,β-unsaturated/α-hetero) is 1. The van der Waals surface area contributed by atoms with Crippen LogP contribution >= 0.6 is 0 Å². The van der Waals surface area contributed by atoms with E-state index < -0.39 is 17.7 Å². The molecular formula is C23H22O6. The minimum absolute atomic E-state index is 0.0380. The highest BCUT2D eigenvalue weighted by molar-refractivity contribution is 6.18. The highest BCUT2D eigenvalue weighted by Crippen LogP contribution is 2.53. The number of rotatable bonds is 4. The molecule has 0 saturated carbocycles. The molecule has 0 aromatic heterocycles. The molecular weight excluding hydrogens is 372 g/mol. The summed E-state index contributed by atoms with van der Waals surface area (Å²) in [6.45, 7) is 3.35. The third kappa shape index (κ3) is 2.87. The van der Waals surface area contributed by atoms with Crippen molar-refractivity contribution in [3.63, 3.8) is 0 Å². The molecule has 6 heteroatoms. The van der Waals surface area contributed by atoms with E-state index >= 15 is 0 Å². The number of phenols is 1. The van der Waals surface area contributed by atoms with Crippen molar-refractivity contribution in [3.05, 3.63) is 64.3 Å². The number of phenolic OH excluding ortho intramolecular Hbond substituents is 1. The summed E-state index contributed by atoms with van der Waals surface area (Å²) in [5.41, 5.74) is 1.53. The number of hydrogen-bond donors (Lipinski definition) is 2. The van der Waals surface area contributed by atoms with Crippen molar-refractivity contribution >= 4 is 23.4 Å². The van der Waals surface area contributed by atoms with Crippen LogP contribution in [0.3, 0.4) is 0 Å². The summed E-state index contributed by atoms with van der Waals surface area (Å²) >= 11 is 0. The second-order valence-electron chi connectivity index (χ2n) is 7.41. The maximum atomic E-state index is 13.2. The van der Waals surface area contributed by atoms with Crippen LogP contribution in [0.4, 0.5) is 0 Å². The third-order valence-electron chi connectivity index (χ3n) is 5.59. The molecule has 0 amide bonds. The van der Waals surface area contributed by atoms with Gasteiger partial charge in [0.25, 0.3) is 0 Å². The SMILES string of the molecule is CC=CC=CC=Cc1cc(O)c2c3c1C1=C(COC(CO)C1)C(=O)C3(C)OC2=O. The van der Waals surface area contributed by atoms with Gasteiger partial charge in [-0.15, -0.1) is 0 Å². The third-order valence-corrected chi connectivity index (χ3v) is 5.59. The lowest BCUT2D eigenvalue weighted by atomic mass is 9.71. The van der Waals surface area contributed by atoms with Crippen LogP contribution in [0.25, 0.3) is 11.6 Å². The van der Waals surface area contributed by atoms with Crippen molar-refractivity contribution < 1.29 is 29.3 Å². The number of aromatic hydroxyl groups is 1. The summed E-state index contributed by atoms with van der Waals surface area (Å²) in [4.78, 5) is 25.7. The van der Waals surface area contributed by atoms with E-state index in [9.17, 15) is 19.8 Å². The lowest BCUT2D eigenvalue weighted by Crippen LogP contribution is -2.42. The minimum atomic E-state index is -1.49. The van der Waals surface area contributed by atoms with Gasteiger partial charge in [0.15, 0.2) is 5.60 Å². The summed E-state index contributed by atoms with van der Waals surface area (Å²) in [7, 11) is 0. The number of ketones is 1. The van der Waals surface area contributed by atoms with Crippen molar-refractivity contribution in [2.45, 2.75) is 32.0 Å². The van der Waals surface area contributed by atoms with Crippen LogP contribution in [-0.4, -0.2) is 41.3 Å². The first-order chi connectivity index (χ1) is 13.9. The van der Waals surface area contributed by atoms with E-state index in [1.165, 1.54) is 6.07 Å². The summed E-state index contributed by atoms with van der Waals surface area (Å²) in [5, 5.41) is 20.1. The number of hydrogen-bond acceptors (Lipinski definition) is 6. The van der Waals surface area contributed by atoms with Crippen molar-refractivity contribution in [3.8, 4) is 5.75 Å². The number of aliphatic hydroxyl groups is 1. The maximum Gasteiger partial charge on any atom is 0.343 e. The molecule has 4 rings (SSSR count). The van der Waals surface area contributed by atoms with E-state index in [1.807, 2.05) is 43.4 Å². The predicted octanol–water partition coefficient (Wildman–Crippen LogP) is 3.04. The van der Waals surface area contributed by atoms with Gasteiger partial charge in [0, 0.05) is 17.6 Å². The van der Waals surface area contributed by atoms with E-state index in [-0.39, 0.29) is 30.3 Å². The van der Waals surface area contributed by atoms with Gasteiger partial charge in [-0.2, -0.15) is 0 Å². The zero-order valence-electron chi connectivity index (χ0n) is 16.3. The van der Waals surface area contributed by atoms with Crippen LogP contribution in [-0.2, 0) is 19.9 Å². The van der Waals surface area contributed by atoms with Crippen molar-refractivity contribution in [1.29, 1.82) is 0 Å².